The molecule has 1 rings (SSSR count). The minimum atomic E-state index is -0.541. The van der Waals surface area contributed by atoms with Crippen molar-refractivity contribution in [2.24, 2.45) is 0 Å². The van der Waals surface area contributed by atoms with Gasteiger partial charge in [-0.3, -0.25) is 10.1 Å². The Balaban J connectivity index is 2.71. The van der Waals surface area contributed by atoms with Crippen LogP contribution < -0.4 is 5.32 Å². The Kier molecular flexibility index (Phi) is 6.05. The monoisotopic (exact) mass is 258 g/mol. The highest BCUT2D eigenvalue weighted by Crippen LogP contribution is 2.27. The fourth-order valence-corrected chi connectivity index (χ4v) is 2.43. The van der Waals surface area contributed by atoms with Gasteiger partial charge in [0.1, 0.15) is 5.54 Å². The molecule has 5 heteroatoms. The third kappa shape index (κ3) is 3.67. The molecule has 18 heavy (non-hydrogen) atoms. The lowest BCUT2D eigenvalue weighted by molar-refractivity contribution is -0.154. The van der Waals surface area contributed by atoms with Gasteiger partial charge < -0.3 is 14.4 Å². The minimum absolute atomic E-state index is 0.124. The first-order valence-corrected chi connectivity index (χ1v) is 6.67. The first kappa shape index (κ1) is 15.4. The topological polar surface area (TPSA) is 50.8 Å². The largest absolute Gasteiger partial charge is 0.465 e. The van der Waals surface area contributed by atoms with Crippen LogP contribution in [0.3, 0.4) is 0 Å². The average molecular weight is 258 g/mol. The number of hydrogen-bond acceptors (Lipinski definition) is 5. The van der Waals surface area contributed by atoms with Gasteiger partial charge in [-0.1, -0.05) is 0 Å². The second-order valence-electron chi connectivity index (χ2n) is 5.01. The van der Waals surface area contributed by atoms with E-state index in [0.29, 0.717) is 25.8 Å². The van der Waals surface area contributed by atoms with Crippen LogP contribution in [-0.4, -0.2) is 62.9 Å². The maximum Gasteiger partial charge on any atom is 0.326 e. The molecule has 0 amide bonds. The summed E-state index contributed by atoms with van der Waals surface area (Å²) in [5.74, 6) is -0.124. The molecule has 1 aliphatic heterocycles. The molecule has 1 aliphatic rings. The number of rotatable bonds is 6. The summed E-state index contributed by atoms with van der Waals surface area (Å²) in [6.07, 6.45) is 1.57. The Hall–Kier alpha value is -0.650. The molecule has 0 spiro atoms. The number of esters is 1. The lowest BCUT2D eigenvalue weighted by atomic mass is 9.83. The normalized spacial score (nSPS) is 29.2. The van der Waals surface area contributed by atoms with Crippen molar-refractivity contribution in [1.29, 1.82) is 0 Å². The van der Waals surface area contributed by atoms with Gasteiger partial charge in [0.2, 0.25) is 0 Å². The van der Waals surface area contributed by atoms with Gasteiger partial charge in [-0.2, -0.15) is 0 Å². The molecule has 1 heterocycles. The van der Waals surface area contributed by atoms with E-state index in [4.69, 9.17) is 9.47 Å². The van der Waals surface area contributed by atoms with Gasteiger partial charge in [-0.15, -0.1) is 0 Å². The summed E-state index contributed by atoms with van der Waals surface area (Å²) in [6.45, 7) is 6.60. The van der Waals surface area contributed by atoms with Crippen LogP contribution >= 0.6 is 0 Å². The predicted molar refractivity (Wildman–Crippen MR) is 70.6 cm³/mol. The van der Waals surface area contributed by atoms with Crippen LogP contribution in [-0.2, 0) is 14.3 Å². The van der Waals surface area contributed by atoms with Crippen molar-refractivity contribution in [3.8, 4) is 0 Å². The molecule has 1 fully saturated rings. The Morgan fingerprint density at radius 1 is 1.56 bits per heavy atom. The van der Waals surface area contributed by atoms with Crippen LogP contribution in [0.15, 0.2) is 0 Å². The van der Waals surface area contributed by atoms with Gasteiger partial charge >= 0.3 is 5.97 Å². The van der Waals surface area contributed by atoms with Crippen LogP contribution in [0.25, 0.3) is 0 Å². The van der Waals surface area contributed by atoms with Gasteiger partial charge in [-0.05, 0) is 33.7 Å². The average Bonchev–Trinajstić information content (AvgIpc) is 2.34. The van der Waals surface area contributed by atoms with Crippen molar-refractivity contribution in [2.45, 2.75) is 38.3 Å². The molecule has 0 aromatic carbocycles. The maximum absolute atomic E-state index is 12.2. The van der Waals surface area contributed by atoms with Crippen molar-refractivity contribution in [3.63, 3.8) is 0 Å². The van der Waals surface area contributed by atoms with Crippen molar-refractivity contribution >= 4 is 5.97 Å². The van der Waals surface area contributed by atoms with Crippen LogP contribution in [0.2, 0.25) is 0 Å². The molecule has 0 bridgehead atoms. The number of ether oxygens (including phenoxy) is 2. The summed E-state index contributed by atoms with van der Waals surface area (Å²) >= 11 is 0. The smallest absolute Gasteiger partial charge is 0.326 e. The van der Waals surface area contributed by atoms with Crippen molar-refractivity contribution in [3.05, 3.63) is 0 Å². The summed E-state index contributed by atoms with van der Waals surface area (Å²) in [4.78, 5) is 14.5. The molecule has 106 valence electrons. The number of methoxy groups -OCH3 is 1. The Morgan fingerprint density at radius 2 is 2.28 bits per heavy atom. The van der Waals surface area contributed by atoms with Crippen LogP contribution in [0.5, 0.6) is 0 Å². The number of likely N-dealkylation sites (tertiary alicyclic amines) is 1. The number of nitrogens with one attached hydrogen (secondary N) is 1. The molecule has 0 aromatic heterocycles. The van der Waals surface area contributed by atoms with Crippen LogP contribution in [0.4, 0.5) is 0 Å². The number of nitrogens with zero attached hydrogens (tertiary/aromatic N) is 1. The van der Waals surface area contributed by atoms with Gasteiger partial charge in [0.05, 0.1) is 13.2 Å². The second-order valence-corrected chi connectivity index (χ2v) is 5.01. The lowest BCUT2D eigenvalue weighted by Crippen LogP contribution is -2.61. The summed E-state index contributed by atoms with van der Waals surface area (Å²) in [5.41, 5.74) is -0.541. The van der Waals surface area contributed by atoms with Crippen molar-refractivity contribution in [1.82, 2.24) is 10.2 Å². The highest BCUT2D eigenvalue weighted by atomic mass is 16.5. The number of carbonyl (C=O) groups is 1. The molecule has 2 atom stereocenters. The molecule has 0 aromatic rings. The van der Waals surface area contributed by atoms with E-state index in [1.165, 1.54) is 0 Å². The molecule has 5 nitrogen and oxygen atoms in total. The third-order valence-electron chi connectivity index (χ3n) is 3.72. The second kappa shape index (κ2) is 7.07. The molecule has 1 saturated heterocycles. The molecule has 0 aliphatic carbocycles. The number of carbonyl (C=O) groups excluding carboxylic acids is 1. The van der Waals surface area contributed by atoms with E-state index in [9.17, 15) is 4.79 Å². The predicted octanol–water partition coefficient (Wildman–Crippen LogP) is 0.638. The Labute approximate surface area is 110 Å². The lowest BCUT2D eigenvalue weighted by Gasteiger charge is -2.43. The van der Waals surface area contributed by atoms with Gasteiger partial charge in [0.25, 0.3) is 0 Å². The van der Waals surface area contributed by atoms with Gasteiger partial charge in [-0.25, -0.2) is 0 Å². The first-order valence-electron chi connectivity index (χ1n) is 6.67. The number of piperidine rings is 1. The molecule has 2 unspecified atom stereocenters. The zero-order chi connectivity index (χ0) is 13.6. The van der Waals surface area contributed by atoms with E-state index in [-0.39, 0.29) is 5.97 Å². The SMILES string of the molecule is CCOC(=O)C1(NCCOC)CCN(C)C(C)C1. The number of hydrogen-bond donors (Lipinski definition) is 1. The highest BCUT2D eigenvalue weighted by molar-refractivity contribution is 5.81. The molecular formula is C13H26N2O3. The minimum Gasteiger partial charge on any atom is -0.465 e. The summed E-state index contributed by atoms with van der Waals surface area (Å²) in [5, 5.41) is 3.35. The zero-order valence-electron chi connectivity index (χ0n) is 12.0. The van der Waals surface area contributed by atoms with Crippen LogP contribution in [0, 0.1) is 0 Å². The van der Waals surface area contributed by atoms with Gasteiger partial charge in [0, 0.05) is 26.2 Å². The zero-order valence-corrected chi connectivity index (χ0v) is 12.0. The Morgan fingerprint density at radius 3 is 2.83 bits per heavy atom. The highest BCUT2D eigenvalue weighted by Gasteiger charge is 2.44. The quantitative estimate of drug-likeness (QED) is 0.559. The third-order valence-corrected chi connectivity index (χ3v) is 3.72. The Bertz CT molecular complexity index is 273. The van der Waals surface area contributed by atoms with E-state index < -0.39 is 5.54 Å². The fraction of sp³-hybridized carbons (Fsp3) is 0.923. The van der Waals surface area contributed by atoms with E-state index in [1.807, 2.05) is 6.92 Å². The molecular weight excluding hydrogens is 232 g/mol. The standard InChI is InChI=1S/C13H26N2O3/c1-5-18-12(16)13(14-7-9-17-4)6-8-15(3)11(2)10-13/h11,14H,5-10H2,1-4H3. The fourth-order valence-electron chi connectivity index (χ4n) is 2.43. The summed E-state index contributed by atoms with van der Waals surface area (Å²) < 4.78 is 10.3. The van der Waals surface area contributed by atoms with Gasteiger partial charge in [0.15, 0.2) is 0 Å². The molecule has 0 radical (unpaired) electrons. The van der Waals surface area contributed by atoms with E-state index in [0.717, 1.165) is 19.4 Å². The molecule has 0 saturated carbocycles. The first-order chi connectivity index (χ1) is 8.55. The van der Waals surface area contributed by atoms with E-state index >= 15 is 0 Å². The van der Waals surface area contributed by atoms with Crippen molar-refractivity contribution in [2.75, 3.05) is 40.5 Å². The summed E-state index contributed by atoms with van der Waals surface area (Å²) in [6, 6.07) is 0.373. The van der Waals surface area contributed by atoms with Crippen LogP contribution in [0.1, 0.15) is 26.7 Å². The van der Waals surface area contributed by atoms with E-state index in [1.54, 1.807) is 7.11 Å². The van der Waals surface area contributed by atoms with E-state index in [2.05, 4.69) is 24.2 Å². The van der Waals surface area contributed by atoms with Crippen molar-refractivity contribution < 1.29 is 14.3 Å². The molecule has 1 N–H and O–H groups in total. The maximum atomic E-state index is 12.2. The summed E-state index contributed by atoms with van der Waals surface area (Å²) in [7, 11) is 3.75.